The van der Waals surface area contributed by atoms with Crippen molar-refractivity contribution in [2.75, 3.05) is 24.9 Å². The second-order valence-corrected chi connectivity index (χ2v) is 8.69. The number of nitrogens with zero attached hydrogens (tertiary/aromatic N) is 6. The number of aromatic nitrogens is 7. The molecule has 12 nitrogen and oxygen atoms in total. The van der Waals surface area contributed by atoms with Crippen molar-refractivity contribution < 1.29 is 14.3 Å². The number of tetrazole rings is 1. The van der Waals surface area contributed by atoms with Crippen LogP contribution in [0.1, 0.15) is 10.4 Å². The molecule has 6 aromatic rings. The first-order valence-electron chi connectivity index (χ1n) is 12.2. The number of H-pyrrole nitrogens is 1. The van der Waals surface area contributed by atoms with Crippen molar-refractivity contribution in [2.24, 2.45) is 0 Å². The van der Waals surface area contributed by atoms with Crippen molar-refractivity contribution >= 4 is 28.7 Å². The Morgan fingerprint density at radius 2 is 1.75 bits per heavy atom. The normalized spacial score (nSPS) is 10.8. The van der Waals surface area contributed by atoms with E-state index in [-0.39, 0.29) is 5.91 Å². The zero-order valence-corrected chi connectivity index (χ0v) is 21.5. The molecule has 0 aliphatic heterocycles. The Labute approximate surface area is 228 Å². The molecule has 3 aromatic carbocycles. The number of ether oxygens (including phenoxy) is 2. The quantitative estimate of drug-likeness (QED) is 0.256. The van der Waals surface area contributed by atoms with Crippen molar-refractivity contribution in [3.63, 3.8) is 0 Å². The molecule has 0 spiro atoms. The molecule has 12 heteroatoms. The molecular weight excluding hydrogens is 510 g/mol. The third-order valence-electron chi connectivity index (χ3n) is 6.20. The minimum absolute atomic E-state index is 0.247. The number of carbonyl (C=O) groups is 1. The summed E-state index contributed by atoms with van der Waals surface area (Å²) in [6.07, 6.45) is 5.42. The molecule has 1 amide bonds. The predicted octanol–water partition coefficient (Wildman–Crippen LogP) is 4.59. The Hall–Kier alpha value is -5.78. The van der Waals surface area contributed by atoms with Gasteiger partial charge in [-0.05, 0) is 59.0 Å². The van der Waals surface area contributed by atoms with E-state index in [1.165, 1.54) is 0 Å². The van der Waals surface area contributed by atoms with E-state index >= 15 is 0 Å². The molecule has 0 unspecified atom stereocenters. The van der Waals surface area contributed by atoms with Gasteiger partial charge in [0.05, 0.1) is 19.9 Å². The fourth-order valence-electron chi connectivity index (χ4n) is 4.22. The zero-order valence-electron chi connectivity index (χ0n) is 21.5. The third kappa shape index (κ3) is 4.88. The van der Waals surface area contributed by atoms with Crippen LogP contribution in [-0.2, 0) is 0 Å². The number of hydrogen-bond donors (Lipinski definition) is 3. The van der Waals surface area contributed by atoms with Crippen molar-refractivity contribution in [1.29, 1.82) is 0 Å². The van der Waals surface area contributed by atoms with Crippen LogP contribution in [0.4, 0.5) is 17.2 Å². The van der Waals surface area contributed by atoms with Crippen LogP contribution in [0, 0.1) is 0 Å². The van der Waals surface area contributed by atoms with Crippen molar-refractivity contribution in [3.8, 4) is 34.1 Å². The number of amides is 1. The van der Waals surface area contributed by atoms with E-state index in [9.17, 15) is 4.79 Å². The van der Waals surface area contributed by atoms with Gasteiger partial charge in [0.25, 0.3) is 5.91 Å². The fourth-order valence-corrected chi connectivity index (χ4v) is 4.22. The molecule has 3 heterocycles. The molecule has 0 aliphatic rings. The summed E-state index contributed by atoms with van der Waals surface area (Å²) in [5, 5.41) is 20.0. The molecule has 40 heavy (non-hydrogen) atoms. The number of anilines is 3. The smallest absolute Gasteiger partial charge is 0.255 e. The van der Waals surface area contributed by atoms with Crippen LogP contribution in [0.15, 0.2) is 85.3 Å². The van der Waals surface area contributed by atoms with Crippen molar-refractivity contribution in [3.05, 3.63) is 90.9 Å². The highest BCUT2D eigenvalue weighted by Gasteiger charge is 2.14. The van der Waals surface area contributed by atoms with Crippen LogP contribution >= 0.6 is 0 Å². The highest BCUT2D eigenvalue weighted by atomic mass is 16.5. The molecule has 0 radical (unpaired) electrons. The second kappa shape index (κ2) is 10.5. The molecule has 6 rings (SSSR count). The maximum absolute atomic E-state index is 13.1. The Balaban J connectivity index is 1.26. The monoisotopic (exact) mass is 533 g/mol. The van der Waals surface area contributed by atoms with Gasteiger partial charge < -0.3 is 24.5 Å². The number of benzene rings is 3. The van der Waals surface area contributed by atoms with Crippen LogP contribution < -0.4 is 20.1 Å². The number of methoxy groups -OCH3 is 2. The maximum atomic E-state index is 13.1. The summed E-state index contributed by atoms with van der Waals surface area (Å²) in [6, 6.07) is 20.0. The standard InChI is InChI=1S/C28H23N9O3/c1-39-23-11-10-21(15-24(23)40-2)30-26-27-29-12-13-37(27)16-22(32-26)18-4-3-5-19(14-18)28(38)31-20-8-6-17(7-9-20)25-33-35-36-34-25/h3-16H,1-2H3,(H,30,32)(H,31,38)(H,33,34,35,36). The topological polar surface area (TPSA) is 144 Å². The van der Waals surface area contributed by atoms with E-state index in [4.69, 9.17) is 14.5 Å². The minimum Gasteiger partial charge on any atom is -0.493 e. The minimum atomic E-state index is -0.247. The molecule has 0 saturated heterocycles. The van der Waals surface area contributed by atoms with E-state index in [2.05, 4.69) is 36.2 Å². The van der Waals surface area contributed by atoms with Crippen LogP contribution in [0.5, 0.6) is 11.5 Å². The van der Waals surface area contributed by atoms with Gasteiger partial charge in [-0.2, -0.15) is 0 Å². The zero-order chi connectivity index (χ0) is 27.5. The van der Waals surface area contributed by atoms with Gasteiger partial charge in [0, 0.05) is 52.7 Å². The lowest BCUT2D eigenvalue weighted by molar-refractivity contribution is 0.102. The van der Waals surface area contributed by atoms with Crippen LogP contribution in [0.3, 0.4) is 0 Å². The van der Waals surface area contributed by atoms with E-state index in [1.54, 1.807) is 44.7 Å². The lowest BCUT2D eigenvalue weighted by Gasteiger charge is -2.13. The number of nitrogens with one attached hydrogen (secondary N) is 3. The van der Waals surface area contributed by atoms with E-state index < -0.39 is 0 Å². The summed E-state index contributed by atoms with van der Waals surface area (Å²) in [7, 11) is 3.17. The fraction of sp³-hybridized carbons (Fsp3) is 0.0714. The summed E-state index contributed by atoms with van der Waals surface area (Å²) in [6.45, 7) is 0. The number of aromatic amines is 1. The average molecular weight is 534 g/mol. The Morgan fingerprint density at radius 3 is 2.52 bits per heavy atom. The first-order valence-corrected chi connectivity index (χ1v) is 12.2. The highest BCUT2D eigenvalue weighted by molar-refractivity contribution is 6.05. The number of fused-ring (bicyclic) bond motifs is 1. The molecule has 0 aliphatic carbocycles. The first-order chi connectivity index (χ1) is 19.6. The summed E-state index contributed by atoms with van der Waals surface area (Å²) >= 11 is 0. The van der Waals surface area contributed by atoms with Gasteiger partial charge in [0.15, 0.2) is 28.8 Å². The summed E-state index contributed by atoms with van der Waals surface area (Å²) in [5.74, 6) is 2.06. The Kier molecular flexibility index (Phi) is 6.46. The highest BCUT2D eigenvalue weighted by Crippen LogP contribution is 2.32. The van der Waals surface area contributed by atoms with Crippen LogP contribution in [-0.4, -0.2) is 55.1 Å². The Bertz CT molecular complexity index is 1800. The van der Waals surface area contributed by atoms with Crippen molar-refractivity contribution in [2.45, 2.75) is 0 Å². The van der Waals surface area contributed by atoms with Gasteiger partial charge >= 0.3 is 0 Å². The van der Waals surface area contributed by atoms with Gasteiger partial charge in [-0.15, -0.1) is 5.10 Å². The number of imidazole rings is 1. The maximum Gasteiger partial charge on any atom is 0.255 e. The molecular formula is C28H23N9O3. The van der Waals surface area contributed by atoms with E-state index in [0.717, 1.165) is 16.8 Å². The molecule has 3 aromatic heterocycles. The SMILES string of the molecule is COc1ccc(Nc2nc(-c3cccc(C(=O)Nc4ccc(-c5nnn[nH]5)cc4)c3)cn3ccnc23)cc1OC. The lowest BCUT2D eigenvalue weighted by atomic mass is 10.1. The number of hydrogen-bond acceptors (Lipinski definition) is 9. The summed E-state index contributed by atoms with van der Waals surface area (Å²) in [4.78, 5) is 22.4. The molecule has 0 saturated carbocycles. The summed E-state index contributed by atoms with van der Waals surface area (Å²) < 4.78 is 12.6. The predicted molar refractivity (Wildman–Crippen MR) is 149 cm³/mol. The van der Waals surface area contributed by atoms with Crippen LogP contribution in [0.25, 0.3) is 28.3 Å². The first kappa shape index (κ1) is 24.6. The second-order valence-electron chi connectivity index (χ2n) is 8.69. The Morgan fingerprint density at radius 1 is 0.925 bits per heavy atom. The number of rotatable bonds is 8. The molecule has 0 bridgehead atoms. The average Bonchev–Trinajstić information content (AvgIpc) is 3.70. The van der Waals surface area contributed by atoms with Gasteiger partial charge in [0.1, 0.15) is 0 Å². The van der Waals surface area contributed by atoms with Gasteiger partial charge in [0.2, 0.25) is 0 Å². The van der Waals surface area contributed by atoms with E-state index in [0.29, 0.717) is 45.7 Å². The molecule has 0 atom stereocenters. The number of carbonyl (C=O) groups excluding carboxylic acids is 1. The van der Waals surface area contributed by atoms with Crippen molar-refractivity contribution in [1.82, 2.24) is 35.0 Å². The largest absolute Gasteiger partial charge is 0.493 e. The summed E-state index contributed by atoms with van der Waals surface area (Å²) in [5.41, 5.74) is 4.78. The van der Waals surface area contributed by atoms with Gasteiger partial charge in [-0.1, -0.05) is 12.1 Å². The molecule has 3 N–H and O–H groups in total. The van der Waals surface area contributed by atoms with Gasteiger partial charge in [-0.3, -0.25) is 4.79 Å². The van der Waals surface area contributed by atoms with E-state index in [1.807, 2.05) is 59.3 Å². The van der Waals surface area contributed by atoms with Gasteiger partial charge in [-0.25, -0.2) is 15.1 Å². The molecule has 198 valence electrons. The molecule has 0 fully saturated rings. The lowest BCUT2D eigenvalue weighted by Crippen LogP contribution is -2.12. The third-order valence-corrected chi connectivity index (χ3v) is 6.20. The van der Waals surface area contributed by atoms with Crippen LogP contribution in [0.2, 0.25) is 0 Å².